The molecule has 4 heteroatoms. The molecule has 23 heavy (non-hydrogen) atoms. The van der Waals surface area contributed by atoms with Gasteiger partial charge in [0.2, 0.25) is 0 Å². The number of hydrogen-bond acceptors (Lipinski definition) is 4. The molecule has 0 aliphatic carbocycles. The zero-order chi connectivity index (χ0) is 15.9. The third kappa shape index (κ3) is 4.12. The Bertz CT molecular complexity index is 656. The summed E-state index contributed by atoms with van der Waals surface area (Å²) in [5.74, 6) is 0. The van der Waals surface area contributed by atoms with Crippen molar-refractivity contribution in [3.05, 3.63) is 71.8 Å². The van der Waals surface area contributed by atoms with Gasteiger partial charge in [0.25, 0.3) is 0 Å². The Labute approximate surface area is 136 Å². The van der Waals surface area contributed by atoms with E-state index in [0.717, 1.165) is 11.1 Å². The molecule has 0 saturated carbocycles. The van der Waals surface area contributed by atoms with Crippen LogP contribution >= 0.6 is 0 Å². The quantitative estimate of drug-likeness (QED) is 0.798. The van der Waals surface area contributed by atoms with Gasteiger partial charge in [-0.15, -0.1) is 0 Å². The van der Waals surface area contributed by atoms with Crippen LogP contribution in [0.25, 0.3) is 0 Å². The number of ether oxygens (including phenoxy) is 2. The number of nitrogens with zero attached hydrogens (tertiary/aromatic N) is 1. The highest BCUT2D eigenvalue weighted by Crippen LogP contribution is 2.18. The molecule has 0 amide bonds. The summed E-state index contributed by atoms with van der Waals surface area (Å²) in [5, 5.41) is 7.51. The summed E-state index contributed by atoms with van der Waals surface area (Å²) in [6.45, 7) is 1.55. The normalized spacial score (nSPS) is 20.3. The van der Waals surface area contributed by atoms with Gasteiger partial charge in [0, 0.05) is 6.21 Å². The van der Waals surface area contributed by atoms with Crippen LogP contribution in [0.5, 0.6) is 0 Å². The van der Waals surface area contributed by atoms with E-state index in [2.05, 4.69) is 4.99 Å². The van der Waals surface area contributed by atoms with Crippen molar-refractivity contribution in [1.29, 1.82) is 5.41 Å². The van der Waals surface area contributed by atoms with Crippen LogP contribution in [0.1, 0.15) is 11.1 Å². The van der Waals surface area contributed by atoms with Gasteiger partial charge in [0.1, 0.15) is 12.2 Å². The van der Waals surface area contributed by atoms with Gasteiger partial charge in [0.05, 0.1) is 25.5 Å². The first-order valence-corrected chi connectivity index (χ1v) is 7.72. The SMILES string of the molecule is N=CC1=NC[C@@H](OCc2ccccc2)[C@@H]1OCc1ccccc1. The number of nitrogens with one attached hydrogen (secondary N) is 1. The highest BCUT2D eigenvalue weighted by molar-refractivity contribution is 6.32. The lowest BCUT2D eigenvalue weighted by Crippen LogP contribution is -2.35. The lowest BCUT2D eigenvalue weighted by Gasteiger charge is -2.21. The second-order valence-electron chi connectivity index (χ2n) is 5.46. The third-order valence-corrected chi connectivity index (χ3v) is 3.81. The molecule has 2 atom stereocenters. The molecule has 0 radical (unpaired) electrons. The Morgan fingerprint density at radius 3 is 2.04 bits per heavy atom. The zero-order valence-electron chi connectivity index (χ0n) is 12.9. The fraction of sp³-hybridized carbons (Fsp3) is 0.263. The highest BCUT2D eigenvalue weighted by atomic mass is 16.5. The average Bonchev–Trinajstić information content (AvgIpc) is 3.02. The van der Waals surface area contributed by atoms with Crippen molar-refractivity contribution in [2.75, 3.05) is 6.54 Å². The summed E-state index contributed by atoms with van der Waals surface area (Å²) in [5.41, 5.74) is 2.88. The molecule has 0 unspecified atom stereocenters. The largest absolute Gasteiger partial charge is 0.368 e. The number of benzene rings is 2. The molecule has 4 nitrogen and oxygen atoms in total. The summed E-state index contributed by atoms with van der Waals surface area (Å²) >= 11 is 0. The van der Waals surface area contributed by atoms with Gasteiger partial charge in [-0.3, -0.25) is 4.99 Å². The molecule has 3 rings (SSSR count). The van der Waals surface area contributed by atoms with E-state index in [1.807, 2.05) is 60.7 Å². The molecule has 1 aliphatic rings. The van der Waals surface area contributed by atoms with E-state index >= 15 is 0 Å². The van der Waals surface area contributed by atoms with Crippen molar-refractivity contribution in [3.63, 3.8) is 0 Å². The zero-order valence-corrected chi connectivity index (χ0v) is 12.9. The number of rotatable bonds is 7. The van der Waals surface area contributed by atoms with E-state index in [9.17, 15) is 0 Å². The maximum Gasteiger partial charge on any atom is 0.129 e. The molecule has 0 saturated heterocycles. The van der Waals surface area contributed by atoms with E-state index in [1.54, 1.807) is 0 Å². The molecule has 1 N–H and O–H groups in total. The molecule has 0 aromatic heterocycles. The Morgan fingerprint density at radius 2 is 1.48 bits per heavy atom. The average molecular weight is 308 g/mol. The second-order valence-corrected chi connectivity index (χ2v) is 5.46. The van der Waals surface area contributed by atoms with Gasteiger partial charge in [-0.1, -0.05) is 60.7 Å². The Morgan fingerprint density at radius 1 is 0.913 bits per heavy atom. The molecule has 1 heterocycles. The second kappa shape index (κ2) is 7.81. The predicted octanol–water partition coefficient (Wildman–Crippen LogP) is 3.26. The van der Waals surface area contributed by atoms with Crippen LogP contribution in [0.3, 0.4) is 0 Å². The van der Waals surface area contributed by atoms with Crippen LogP contribution in [0.15, 0.2) is 65.7 Å². The Kier molecular flexibility index (Phi) is 5.29. The highest BCUT2D eigenvalue weighted by Gasteiger charge is 2.32. The standard InChI is InChI=1S/C19H20N2O2/c20-11-17-19(23-14-16-9-5-2-6-10-16)18(12-21-17)22-13-15-7-3-1-4-8-15/h1-11,18-20H,12-14H2/t18-,19-/m1/s1. The van der Waals surface area contributed by atoms with Crippen LogP contribution in [0.4, 0.5) is 0 Å². The van der Waals surface area contributed by atoms with Crippen LogP contribution in [0.2, 0.25) is 0 Å². The monoisotopic (exact) mass is 308 g/mol. The minimum Gasteiger partial charge on any atom is -0.368 e. The fourth-order valence-corrected chi connectivity index (χ4v) is 2.57. The van der Waals surface area contributed by atoms with Crippen LogP contribution in [-0.4, -0.2) is 30.7 Å². The van der Waals surface area contributed by atoms with Gasteiger partial charge >= 0.3 is 0 Å². The molecule has 118 valence electrons. The van der Waals surface area contributed by atoms with Crippen molar-refractivity contribution in [2.24, 2.45) is 4.99 Å². The molecule has 0 fully saturated rings. The lowest BCUT2D eigenvalue weighted by atomic mass is 10.1. The summed E-state index contributed by atoms with van der Waals surface area (Å²) in [6.07, 6.45) is 0.841. The van der Waals surface area contributed by atoms with Crippen molar-refractivity contribution in [3.8, 4) is 0 Å². The van der Waals surface area contributed by atoms with Crippen molar-refractivity contribution in [2.45, 2.75) is 25.4 Å². The smallest absolute Gasteiger partial charge is 0.129 e. The molecular weight excluding hydrogens is 288 g/mol. The Hall–Kier alpha value is -2.30. The maximum absolute atomic E-state index is 7.51. The maximum atomic E-state index is 7.51. The van der Waals surface area contributed by atoms with E-state index in [4.69, 9.17) is 14.9 Å². The van der Waals surface area contributed by atoms with E-state index < -0.39 is 0 Å². The minimum atomic E-state index is -0.281. The first-order valence-electron chi connectivity index (χ1n) is 7.72. The summed E-state index contributed by atoms with van der Waals surface area (Å²) in [4.78, 5) is 4.37. The summed E-state index contributed by atoms with van der Waals surface area (Å²) in [6, 6.07) is 20.1. The molecule has 2 aromatic rings. The van der Waals surface area contributed by atoms with Gasteiger partial charge in [-0.05, 0) is 11.1 Å². The fourth-order valence-electron chi connectivity index (χ4n) is 2.57. The molecule has 2 aromatic carbocycles. The summed E-state index contributed by atoms with van der Waals surface area (Å²) in [7, 11) is 0. The predicted molar refractivity (Wildman–Crippen MR) is 91.1 cm³/mol. The first-order chi connectivity index (χ1) is 11.4. The van der Waals surface area contributed by atoms with Gasteiger partial charge < -0.3 is 14.9 Å². The first kappa shape index (κ1) is 15.6. The van der Waals surface area contributed by atoms with Crippen LogP contribution < -0.4 is 0 Å². The number of hydrogen-bond donors (Lipinski definition) is 1. The Balaban J connectivity index is 1.59. The lowest BCUT2D eigenvalue weighted by molar-refractivity contribution is -0.0433. The van der Waals surface area contributed by atoms with Crippen molar-refractivity contribution < 1.29 is 9.47 Å². The van der Waals surface area contributed by atoms with E-state index in [-0.39, 0.29) is 12.2 Å². The van der Waals surface area contributed by atoms with Gasteiger partial charge in [-0.2, -0.15) is 0 Å². The molecule has 0 bridgehead atoms. The molecule has 1 aliphatic heterocycles. The van der Waals surface area contributed by atoms with Crippen LogP contribution in [0, 0.1) is 5.41 Å². The molecular formula is C19H20N2O2. The molecule has 0 spiro atoms. The van der Waals surface area contributed by atoms with Gasteiger partial charge in [0.15, 0.2) is 0 Å². The van der Waals surface area contributed by atoms with E-state index in [1.165, 1.54) is 6.21 Å². The topological polar surface area (TPSA) is 54.7 Å². The minimum absolute atomic E-state index is 0.143. The van der Waals surface area contributed by atoms with Crippen molar-refractivity contribution >= 4 is 11.9 Å². The van der Waals surface area contributed by atoms with Gasteiger partial charge in [-0.25, -0.2) is 0 Å². The third-order valence-electron chi connectivity index (χ3n) is 3.81. The van der Waals surface area contributed by atoms with Crippen LogP contribution in [-0.2, 0) is 22.7 Å². The van der Waals surface area contributed by atoms with E-state index in [0.29, 0.717) is 25.5 Å². The van der Waals surface area contributed by atoms with Crippen molar-refractivity contribution in [1.82, 2.24) is 0 Å². The summed E-state index contributed by atoms with van der Waals surface area (Å²) < 4.78 is 12.0. The number of aliphatic imine (C=N–C) groups is 1.